The van der Waals surface area contributed by atoms with E-state index in [1.54, 1.807) is 0 Å². The van der Waals surface area contributed by atoms with Crippen molar-refractivity contribution in [3.8, 4) is 0 Å². The molecule has 0 bridgehead atoms. The van der Waals surface area contributed by atoms with Gasteiger partial charge in [-0.15, -0.1) is 0 Å². The number of carbonyl (C=O) groups is 1. The van der Waals surface area contributed by atoms with Gasteiger partial charge in [-0.25, -0.2) is 0 Å². The van der Waals surface area contributed by atoms with Crippen LogP contribution in [0.3, 0.4) is 0 Å². The van der Waals surface area contributed by atoms with Crippen LogP contribution in [-0.2, 0) is 9.22 Å². The lowest BCUT2D eigenvalue weighted by Crippen LogP contribution is -2.55. The minimum absolute atomic E-state index is 0.150. The Balaban J connectivity index is 3.03. The van der Waals surface area contributed by atoms with E-state index in [4.69, 9.17) is 4.43 Å². The molecule has 0 amide bonds. The van der Waals surface area contributed by atoms with Crippen LogP contribution in [0.2, 0.25) is 18.1 Å². The van der Waals surface area contributed by atoms with Gasteiger partial charge in [-0.05, 0) is 43.8 Å². The van der Waals surface area contributed by atoms with Crippen molar-refractivity contribution >= 4 is 14.1 Å². The maximum atomic E-state index is 12.6. The van der Waals surface area contributed by atoms with Crippen molar-refractivity contribution in [2.45, 2.75) is 96.9 Å². The highest BCUT2D eigenvalue weighted by molar-refractivity contribution is 6.74. The minimum Gasteiger partial charge on any atom is -0.404 e. The number of carbonyl (C=O) groups excluding carboxylic acids is 1. The van der Waals surface area contributed by atoms with Crippen LogP contribution in [0, 0.1) is 5.92 Å². The molecular formula is C17H34O2Si. The molecule has 0 aliphatic heterocycles. The maximum absolute atomic E-state index is 12.6. The molecule has 20 heavy (non-hydrogen) atoms. The van der Waals surface area contributed by atoms with Crippen LogP contribution >= 0.6 is 0 Å². The van der Waals surface area contributed by atoms with E-state index in [-0.39, 0.29) is 5.04 Å². The Kier molecular flexibility index (Phi) is 5.65. The number of hydrogen-bond acceptors (Lipinski definition) is 2. The fraction of sp³-hybridized carbons (Fsp3) is 0.941. The summed E-state index contributed by atoms with van der Waals surface area (Å²) in [6.07, 6.45) is 6.69. The molecule has 1 fully saturated rings. The van der Waals surface area contributed by atoms with Gasteiger partial charge in [0.1, 0.15) is 5.60 Å². The standard InChI is InChI=1S/C17H34O2Si/c1-8-15(18)17(5,14-12-10-9-11-13-14)19-20(6,7)16(2,3)4/h14H,8-13H2,1-7H3/t17-/m0/s1. The van der Waals surface area contributed by atoms with Gasteiger partial charge in [0.15, 0.2) is 14.1 Å². The zero-order chi connectivity index (χ0) is 15.6. The molecule has 1 atom stereocenters. The lowest BCUT2D eigenvalue weighted by Gasteiger charge is -2.47. The Morgan fingerprint density at radius 2 is 1.60 bits per heavy atom. The smallest absolute Gasteiger partial charge is 0.193 e. The summed E-state index contributed by atoms with van der Waals surface area (Å²) < 4.78 is 6.67. The van der Waals surface area contributed by atoms with Crippen molar-refractivity contribution < 1.29 is 9.22 Å². The molecule has 0 radical (unpaired) electrons. The van der Waals surface area contributed by atoms with Crippen LogP contribution < -0.4 is 0 Å². The van der Waals surface area contributed by atoms with Gasteiger partial charge < -0.3 is 4.43 Å². The van der Waals surface area contributed by atoms with E-state index in [1.807, 2.05) is 6.92 Å². The average molecular weight is 299 g/mol. The van der Waals surface area contributed by atoms with Crippen molar-refractivity contribution in [3.05, 3.63) is 0 Å². The van der Waals surface area contributed by atoms with E-state index in [0.717, 1.165) is 12.8 Å². The first-order valence-corrected chi connectivity index (χ1v) is 11.2. The predicted octanol–water partition coefficient (Wildman–Crippen LogP) is 5.33. The molecule has 1 aliphatic rings. The van der Waals surface area contributed by atoms with Gasteiger partial charge in [0.25, 0.3) is 0 Å². The monoisotopic (exact) mass is 298 g/mol. The van der Waals surface area contributed by atoms with Crippen LogP contribution in [-0.4, -0.2) is 19.7 Å². The lowest BCUT2D eigenvalue weighted by atomic mass is 9.75. The highest BCUT2D eigenvalue weighted by Crippen LogP contribution is 2.44. The van der Waals surface area contributed by atoms with E-state index in [2.05, 4.69) is 40.8 Å². The molecule has 1 aliphatic carbocycles. The van der Waals surface area contributed by atoms with Crippen molar-refractivity contribution in [1.82, 2.24) is 0 Å². The van der Waals surface area contributed by atoms with Gasteiger partial charge in [-0.2, -0.15) is 0 Å². The van der Waals surface area contributed by atoms with Gasteiger partial charge in [-0.3, -0.25) is 4.79 Å². The molecule has 2 nitrogen and oxygen atoms in total. The molecule has 0 unspecified atom stereocenters. The normalized spacial score (nSPS) is 21.6. The van der Waals surface area contributed by atoms with Crippen LogP contribution in [0.5, 0.6) is 0 Å². The predicted molar refractivity (Wildman–Crippen MR) is 88.6 cm³/mol. The van der Waals surface area contributed by atoms with Crippen molar-refractivity contribution in [2.24, 2.45) is 5.92 Å². The Bertz CT molecular complexity index is 337. The molecule has 0 heterocycles. The van der Waals surface area contributed by atoms with Gasteiger partial charge in [0.05, 0.1) is 0 Å². The quantitative estimate of drug-likeness (QED) is 0.641. The number of hydrogen-bond donors (Lipinski definition) is 0. The third-order valence-corrected chi connectivity index (χ3v) is 10.1. The first-order valence-electron chi connectivity index (χ1n) is 8.28. The molecule has 1 saturated carbocycles. The summed E-state index contributed by atoms with van der Waals surface area (Å²) in [6, 6.07) is 0. The summed E-state index contributed by atoms with van der Waals surface area (Å²) in [4.78, 5) is 12.6. The summed E-state index contributed by atoms with van der Waals surface area (Å²) in [7, 11) is -1.92. The molecule has 118 valence electrons. The molecule has 0 N–H and O–H groups in total. The number of rotatable bonds is 5. The largest absolute Gasteiger partial charge is 0.404 e. The molecule has 0 aromatic rings. The van der Waals surface area contributed by atoms with Crippen LogP contribution in [0.15, 0.2) is 0 Å². The van der Waals surface area contributed by atoms with Gasteiger partial charge >= 0.3 is 0 Å². The van der Waals surface area contributed by atoms with Crippen LogP contribution in [0.25, 0.3) is 0 Å². The molecular weight excluding hydrogens is 264 g/mol. The van der Waals surface area contributed by atoms with Crippen molar-refractivity contribution in [1.29, 1.82) is 0 Å². The molecule has 0 saturated heterocycles. The van der Waals surface area contributed by atoms with Crippen molar-refractivity contribution in [2.75, 3.05) is 0 Å². The first kappa shape index (κ1) is 17.9. The first-order chi connectivity index (χ1) is 9.04. The summed E-state index contributed by atoms with van der Waals surface area (Å²) in [5, 5.41) is 0.150. The summed E-state index contributed by atoms with van der Waals surface area (Å²) >= 11 is 0. The minimum atomic E-state index is -1.92. The van der Waals surface area contributed by atoms with E-state index in [1.165, 1.54) is 19.3 Å². The van der Waals surface area contributed by atoms with Gasteiger partial charge in [-0.1, -0.05) is 47.0 Å². The van der Waals surface area contributed by atoms with Gasteiger partial charge in [0.2, 0.25) is 0 Å². The zero-order valence-corrected chi connectivity index (χ0v) is 15.6. The SMILES string of the molecule is CCC(=O)[C@@](C)(O[Si](C)(C)C(C)(C)C)C1CCCCC1. The molecule has 1 rings (SSSR count). The Labute approximate surface area is 126 Å². The topological polar surface area (TPSA) is 26.3 Å². The lowest BCUT2D eigenvalue weighted by molar-refractivity contribution is -0.140. The third kappa shape index (κ3) is 3.73. The summed E-state index contributed by atoms with van der Waals surface area (Å²) in [5.41, 5.74) is -0.557. The third-order valence-electron chi connectivity index (χ3n) is 5.53. The van der Waals surface area contributed by atoms with E-state index in [0.29, 0.717) is 18.1 Å². The second kappa shape index (κ2) is 6.31. The highest BCUT2D eigenvalue weighted by atomic mass is 28.4. The van der Waals surface area contributed by atoms with E-state index >= 15 is 0 Å². The van der Waals surface area contributed by atoms with E-state index in [9.17, 15) is 4.79 Å². The summed E-state index contributed by atoms with van der Waals surface area (Å²) in [5.74, 6) is 0.715. The fourth-order valence-electron chi connectivity index (χ4n) is 3.06. The number of Topliss-reactive ketones (excluding diaryl/α,β-unsaturated/α-hetero) is 1. The summed E-state index contributed by atoms with van der Waals surface area (Å²) in [6.45, 7) is 15.3. The molecule has 0 aromatic heterocycles. The number of ketones is 1. The maximum Gasteiger partial charge on any atom is 0.193 e. The Hall–Kier alpha value is -0.153. The molecule has 3 heteroatoms. The second-order valence-electron chi connectivity index (χ2n) is 8.08. The zero-order valence-electron chi connectivity index (χ0n) is 14.6. The second-order valence-corrected chi connectivity index (χ2v) is 12.8. The van der Waals surface area contributed by atoms with Gasteiger partial charge in [0, 0.05) is 6.42 Å². The van der Waals surface area contributed by atoms with E-state index < -0.39 is 13.9 Å². The van der Waals surface area contributed by atoms with Crippen molar-refractivity contribution in [3.63, 3.8) is 0 Å². The Morgan fingerprint density at radius 3 is 2.00 bits per heavy atom. The van der Waals surface area contributed by atoms with Crippen LogP contribution in [0.4, 0.5) is 0 Å². The molecule has 0 aromatic carbocycles. The highest BCUT2D eigenvalue weighted by Gasteiger charge is 2.49. The fourth-order valence-corrected chi connectivity index (χ4v) is 4.70. The Morgan fingerprint density at radius 1 is 1.10 bits per heavy atom. The molecule has 0 spiro atoms. The van der Waals surface area contributed by atoms with Crippen LogP contribution in [0.1, 0.15) is 73.1 Å². The average Bonchev–Trinajstić information content (AvgIpc) is 2.36.